The maximum Gasteiger partial charge on any atom is 0.335 e. The highest BCUT2D eigenvalue weighted by Gasteiger charge is 2.36. The van der Waals surface area contributed by atoms with Crippen LogP contribution in [0.15, 0.2) is 46.0 Å². The lowest BCUT2D eigenvalue weighted by atomic mass is 10.1. The first-order valence-corrected chi connectivity index (χ1v) is 7.74. The van der Waals surface area contributed by atoms with Crippen LogP contribution in [0.2, 0.25) is 0 Å². The number of barbiturate groups is 1. The van der Waals surface area contributed by atoms with Crippen molar-refractivity contribution in [3.63, 3.8) is 0 Å². The Morgan fingerprint density at radius 1 is 1.14 bits per heavy atom. The Morgan fingerprint density at radius 3 is 2.50 bits per heavy atom. The number of anilines is 1. The molecule has 0 radical (unpaired) electrons. The molecule has 1 fully saturated rings. The second-order valence-electron chi connectivity index (χ2n) is 4.31. The van der Waals surface area contributed by atoms with Gasteiger partial charge in [0.15, 0.2) is 0 Å². The molecule has 1 N–H and O–H groups in total. The van der Waals surface area contributed by atoms with E-state index in [0.29, 0.717) is 5.69 Å². The molecular weight excluding hydrogens is 370 g/mol. The van der Waals surface area contributed by atoms with Crippen molar-refractivity contribution in [2.75, 3.05) is 4.90 Å². The van der Waals surface area contributed by atoms with Crippen LogP contribution in [0.3, 0.4) is 0 Å². The zero-order chi connectivity index (χ0) is 15.7. The van der Waals surface area contributed by atoms with Gasteiger partial charge in [-0.05, 0) is 46.3 Å². The summed E-state index contributed by atoms with van der Waals surface area (Å²) in [5, 5.41) is 2.17. The largest absolute Gasteiger partial charge is 0.335 e. The predicted octanol–water partition coefficient (Wildman–Crippen LogP) is 2.57. The molecular formula is C14H8BrN3O3S. The minimum Gasteiger partial charge on any atom is -0.273 e. The van der Waals surface area contributed by atoms with E-state index in [1.165, 1.54) is 41.9 Å². The van der Waals surface area contributed by atoms with Crippen molar-refractivity contribution in [1.82, 2.24) is 10.3 Å². The van der Waals surface area contributed by atoms with Crippen molar-refractivity contribution in [3.05, 3.63) is 50.9 Å². The van der Waals surface area contributed by atoms with E-state index in [9.17, 15) is 14.4 Å². The predicted molar refractivity (Wildman–Crippen MR) is 85.3 cm³/mol. The molecule has 4 amide bonds. The molecule has 3 heterocycles. The van der Waals surface area contributed by atoms with E-state index in [1.54, 1.807) is 6.07 Å². The highest BCUT2D eigenvalue weighted by molar-refractivity contribution is 9.11. The lowest BCUT2D eigenvalue weighted by Crippen LogP contribution is -2.54. The van der Waals surface area contributed by atoms with E-state index in [4.69, 9.17) is 0 Å². The van der Waals surface area contributed by atoms with Crippen molar-refractivity contribution in [2.24, 2.45) is 0 Å². The number of amides is 4. The molecule has 22 heavy (non-hydrogen) atoms. The Morgan fingerprint density at radius 2 is 1.86 bits per heavy atom. The zero-order valence-corrected chi connectivity index (χ0v) is 13.3. The van der Waals surface area contributed by atoms with Crippen LogP contribution in [0.5, 0.6) is 0 Å². The van der Waals surface area contributed by atoms with Gasteiger partial charge in [0.25, 0.3) is 11.8 Å². The van der Waals surface area contributed by atoms with Gasteiger partial charge in [-0.25, -0.2) is 9.69 Å². The van der Waals surface area contributed by atoms with Crippen molar-refractivity contribution >= 4 is 56.9 Å². The van der Waals surface area contributed by atoms with Crippen LogP contribution in [-0.2, 0) is 9.59 Å². The van der Waals surface area contributed by atoms with Crippen LogP contribution in [0.25, 0.3) is 6.08 Å². The van der Waals surface area contributed by atoms with Gasteiger partial charge in [-0.15, -0.1) is 11.3 Å². The highest BCUT2D eigenvalue weighted by Crippen LogP contribution is 2.26. The Bertz CT molecular complexity index is 801. The molecule has 6 nitrogen and oxygen atoms in total. The fourth-order valence-electron chi connectivity index (χ4n) is 1.93. The fraction of sp³-hybridized carbons (Fsp3) is 0. The molecule has 110 valence electrons. The van der Waals surface area contributed by atoms with E-state index < -0.39 is 17.8 Å². The topological polar surface area (TPSA) is 79.4 Å². The summed E-state index contributed by atoms with van der Waals surface area (Å²) in [6.07, 6.45) is 4.39. The number of carbonyl (C=O) groups is 3. The lowest BCUT2D eigenvalue weighted by Gasteiger charge is -2.26. The van der Waals surface area contributed by atoms with Gasteiger partial charge in [0.1, 0.15) is 5.57 Å². The quantitative estimate of drug-likeness (QED) is 0.644. The zero-order valence-electron chi connectivity index (χ0n) is 10.9. The molecule has 8 heteroatoms. The molecule has 0 saturated carbocycles. The first-order valence-electron chi connectivity index (χ1n) is 6.13. The second-order valence-corrected chi connectivity index (χ2v) is 6.80. The molecule has 0 atom stereocenters. The van der Waals surface area contributed by atoms with Gasteiger partial charge in [0.05, 0.1) is 9.47 Å². The number of thiophene rings is 1. The number of nitrogens with one attached hydrogen (secondary N) is 1. The standard InChI is InChI=1S/C14H8BrN3O3S/c15-11-2-1-9(22-11)7-10-12(19)17-14(21)18(13(10)20)8-3-5-16-6-4-8/h1-7H,(H,17,19,21)/b10-7+. The normalized spacial score (nSPS) is 17.0. The average molecular weight is 378 g/mol. The number of pyridine rings is 1. The number of halogens is 1. The van der Waals surface area contributed by atoms with Gasteiger partial charge < -0.3 is 0 Å². The lowest BCUT2D eigenvalue weighted by molar-refractivity contribution is -0.122. The van der Waals surface area contributed by atoms with Crippen molar-refractivity contribution < 1.29 is 14.4 Å². The van der Waals surface area contributed by atoms with Crippen LogP contribution in [0, 0.1) is 0 Å². The number of hydrogen-bond acceptors (Lipinski definition) is 5. The SMILES string of the molecule is O=C1NC(=O)N(c2ccncc2)C(=O)/C1=C/c1ccc(Br)s1. The molecule has 0 aliphatic carbocycles. The third kappa shape index (κ3) is 2.70. The number of nitrogens with zero attached hydrogens (tertiary/aromatic N) is 2. The fourth-order valence-corrected chi connectivity index (χ4v) is 3.30. The molecule has 0 unspecified atom stereocenters. The first-order chi connectivity index (χ1) is 10.6. The Balaban J connectivity index is 2.01. The Kier molecular flexibility index (Phi) is 3.86. The number of imide groups is 2. The van der Waals surface area contributed by atoms with Gasteiger partial charge in [-0.2, -0.15) is 0 Å². The summed E-state index contributed by atoms with van der Waals surface area (Å²) in [5.41, 5.74) is 0.258. The van der Waals surface area contributed by atoms with Gasteiger partial charge in [0, 0.05) is 17.3 Å². The maximum absolute atomic E-state index is 12.5. The van der Waals surface area contributed by atoms with E-state index in [1.807, 2.05) is 6.07 Å². The number of rotatable bonds is 2. The molecule has 0 spiro atoms. The number of carbonyl (C=O) groups excluding carboxylic acids is 3. The molecule has 1 aliphatic heterocycles. The van der Waals surface area contributed by atoms with Crippen molar-refractivity contribution in [2.45, 2.75) is 0 Å². The maximum atomic E-state index is 12.5. The molecule has 2 aromatic heterocycles. The minimum absolute atomic E-state index is 0.0919. The summed E-state index contributed by atoms with van der Waals surface area (Å²) in [6, 6.07) is 5.86. The van der Waals surface area contributed by atoms with Gasteiger partial charge >= 0.3 is 6.03 Å². The Labute approximate surface area is 137 Å². The summed E-state index contributed by atoms with van der Waals surface area (Å²) >= 11 is 4.70. The second kappa shape index (κ2) is 5.82. The van der Waals surface area contributed by atoms with Crippen LogP contribution in [-0.4, -0.2) is 22.8 Å². The van der Waals surface area contributed by atoms with Gasteiger partial charge in [-0.3, -0.25) is 19.9 Å². The van der Waals surface area contributed by atoms with Crippen molar-refractivity contribution in [3.8, 4) is 0 Å². The smallest absolute Gasteiger partial charge is 0.273 e. The molecule has 1 saturated heterocycles. The van der Waals surface area contributed by atoms with E-state index in [-0.39, 0.29) is 5.57 Å². The van der Waals surface area contributed by atoms with Crippen LogP contribution in [0.4, 0.5) is 10.5 Å². The highest BCUT2D eigenvalue weighted by atomic mass is 79.9. The number of aromatic nitrogens is 1. The monoisotopic (exact) mass is 377 g/mol. The van der Waals surface area contributed by atoms with Gasteiger partial charge in [-0.1, -0.05) is 0 Å². The summed E-state index contributed by atoms with van der Waals surface area (Å²) in [6.45, 7) is 0. The van der Waals surface area contributed by atoms with Crippen LogP contribution < -0.4 is 10.2 Å². The third-order valence-corrected chi connectivity index (χ3v) is 4.47. The molecule has 0 aromatic carbocycles. The molecule has 0 bridgehead atoms. The molecule has 2 aromatic rings. The van der Waals surface area contributed by atoms with Gasteiger partial charge in [0.2, 0.25) is 0 Å². The molecule has 3 rings (SSSR count). The minimum atomic E-state index is -0.772. The summed E-state index contributed by atoms with van der Waals surface area (Å²) < 4.78 is 0.880. The summed E-state index contributed by atoms with van der Waals surface area (Å²) in [4.78, 5) is 41.9. The average Bonchev–Trinajstić information content (AvgIpc) is 2.90. The van der Waals surface area contributed by atoms with Crippen LogP contribution >= 0.6 is 27.3 Å². The van der Waals surface area contributed by atoms with E-state index in [0.717, 1.165) is 13.6 Å². The van der Waals surface area contributed by atoms with E-state index >= 15 is 0 Å². The molecule has 1 aliphatic rings. The summed E-state index contributed by atoms with van der Waals surface area (Å²) in [7, 11) is 0. The van der Waals surface area contributed by atoms with Crippen LogP contribution in [0.1, 0.15) is 4.88 Å². The first kappa shape index (κ1) is 14.6. The Hall–Kier alpha value is -2.32. The number of urea groups is 1. The van der Waals surface area contributed by atoms with Crippen molar-refractivity contribution in [1.29, 1.82) is 0 Å². The van der Waals surface area contributed by atoms with E-state index in [2.05, 4.69) is 26.2 Å². The summed E-state index contributed by atoms with van der Waals surface area (Å²) in [5.74, 6) is -1.37. The third-order valence-electron chi connectivity index (χ3n) is 2.90. The number of hydrogen-bond donors (Lipinski definition) is 1.